The summed E-state index contributed by atoms with van der Waals surface area (Å²) in [5.41, 5.74) is 9.46. The molecule has 2 aromatic carbocycles. The van der Waals surface area contributed by atoms with Crippen molar-refractivity contribution >= 4 is 29.3 Å². The third kappa shape index (κ3) is 6.41. The number of amidine groups is 1. The molecule has 2 heterocycles. The highest BCUT2D eigenvalue weighted by Crippen LogP contribution is 2.25. The number of nitrogens with zero attached hydrogens (tertiary/aromatic N) is 2. The molecule has 10 heteroatoms. The molecule has 10 nitrogen and oxygen atoms in total. The lowest BCUT2D eigenvalue weighted by Crippen LogP contribution is -2.36. The van der Waals surface area contributed by atoms with Gasteiger partial charge in [-0.05, 0) is 45.9 Å². The van der Waals surface area contributed by atoms with E-state index in [-0.39, 0.29) is 17.6 Å². The molecule has 206 valence electrons. The number of nitrogens with one attached hydrogen (secondary N) is 2. The van der Waals surface area contributed by atoms with Crippen molar-refractivity contribution in [1.29, 1.82) is 5.41 Å². The van der Waals surface area contributed by atoms with E-state index in [1.807, 2.05) is 12.4 Å². The maximum atomic E-state index is 13.3. The summed E-state index contributed by atoms with van der Waals surface area (Å²) in [5, 5.41) is 10.5. The van der Waals surface area contributed by atoms with Crippen LogP contribution in [0.15, 0.2) is 73.1 Å². The Hall–Kier alpha value is -4.83. The summed E-state index contributed by atoms with van der Waals surface area (Å²) in [6.07, 6.45) is 2.91. The van der Waals surface area contributed by atoms with Gasteiger partial charge in [-0.3, -0.25) is 15.5 Å². The molecule has 1 amide bonds. The number of pyridine rings is 1. The second-order valence-electron chi connectivity index (χ2n) is 10.0. The largest absolute Gasteiger partial charge is 0.462 e. The van der Waals surface area contributed by atoms with E-state index in [2.05, 4.69) is 5.32 Å². The summed E-state index contributed by atoms with van der Waals surface area (Å²) in [6, 6.07) is 15.7. The molecule has 0 saturated carbocycles. The van der Waals surface area contributed by atoms with Gasteiger partial charge in [-0.15, -0.1) is 0 Å². The topological polar surface area (TPSA) is 149 Å². The van der Waals surface area contributed by atoms with E-state index in [1.54, 1.807) is 92.8 Å². The lowest BCUT2D eigenvalue weighted by molar-refractivity contribution is 0.0523. The van der Waals surface area contributed by atoms with Gasteiger partial charge in [-0.1, -0.05) is 42.5 Å². The van der Waals surface area contributed by atoms with Crippen molar-refractivity contribution in [2.75, 3.05) is 6.61 Å². The Bertz CT molecular complexity index is 1570. The zero-order valence-electron chi connectivity index (χ0n) is 22.7. The van der Waals surface area contributed by atoms with E-state index in [1.165, 1.54) is 0 Å². The molecule has 2 aromatic heterocycles. The number of fused-ring (bicyclic) bond motifs is 1. The fraction of sp³-hybridized carbons (Fsp3) is 0.233. The number of imidazole rings is 1. The minimum atomic E-state index is -0.990. The highest BCUT2D eigenvalue weighted by molar-refractivity contribution is 6.06. The third-order valence-electron chi connectivity index (χ3n) is 5.91. The van der Waals surface area contributed by atoms with Gasteiger partial charge in [0.2, 0.25) is 0 Å². The van der Waals surface area contributed by atoms with Gasteiger partial charge in [0.05, 0.1) is 23.9 Å². The Morgan fingerprint density at radius 1 is 1.00 bits per heavy atom. The fourth-order valence-corrected chi connectivity index (χ4v) is 4.01. The number of hydrogen-bond donors (Lipinski definition) is 3. The maximum absolute atomic E-state index is 13.3. The predicted octanol–water partition coefficient (Wildman–Crippen LogP) is 4.91. The normalized spacial score (nSPS) is 12.0. The Kier molecular flexibility index (Phi) is 8.11. The number of alkyl carbamates (subject to hydrolysis) is 1. The van der Waals surface area contributed by atoms with Crippen molar-refractivity contribution in [3.63, 3.8) is 0 Å². The minimum absolute atomic E-state index is 0.150. The highest BCUT2D eigenvalue weighted by Gasteiger charge is 2.22. The van der Waals surface area contributed by atoms with Crippen molar-refractivity contribution in [2.24, 2.45) is 5.73 Å². The molecule has 4 N–H and O–H groups in total. The number of amides is 1. The summed E-state index contributed by atoms with van der Waals surface area (Å²) in [6.45, 7) is 7.25. The number of rotatable bonds is 7. The van der Waals surface area contributed by atoms with Crippen LogP contribution in [0.4, 0.5) is 4.79 Å². The van der Waals surface area contributed by atoms with Crippen LogP contribution in [0.5, 0.6) is 0 Å². The average Bonchev–Trinajstić information content (AvgIpc) is 3.36. The molecular formula is C30H31N5O5. The van der Waals surface area contributed by atoms with Gasteiger partial charge in [-0.25, -0.2) is 14.6 Å². The summed E-state index contributed by atoms with van der Waals surface area (Å²) in [4.78, 5) is 41.9. The van der Waals surface area contributed by atoms with E-state index in [4.69, 9.17) is 25.6 Å². The molecule has 0 aliphatic heterocycles. The van der Waals surface area contributed by atoms with E-state index in [0.717, 1.165) is 5.56 Å². The van der Waals surface area contributed by atoms with Crippen LogP contribution in [0.1, 0.15) is 65.6 Å². The van der Waals surface area contributed by atoms with E-state index in [9.17, 15) is 14.4 Å². The van der Waals surface area contributed by atoms with Gasteiger partial charge in [0.25, 0.3) is 0 Å². The number of ether oxygens (including phenoxy) is 2. The van der Waals surface area contributed by atoms with Gasteiger partial charge in [0.15, 0.2) is 5.78 Å². The first-order valence-corrected chi connectivity index (χ1v) is 12.7. The first-order valence-electron chi connectivity index (χ1n) is 12.7. The monoisotopic (exact) mass is 541 g/mol. The molecule has 0 saturated heterocycles. The van der Waals surface area contributed by atoms with Gasteiger partial charge >= 0.3 is 12.1 Å². The quantitative estimate of drug-likeness (QED) is 0.130. The standard InChI is InChI=1S/C30H31N5O5/c1-5-39-28(37)21-14-8-18(9-15-21)23-17-35-16-6-7-22(27(35)33-23)24(31)25(36)19-10-12-20(13-11-19)26(32)34-29(38)40-30(2,3)4/h6-17,24H,5,31H2,1-4H3,(H2,32,34,38). The molecule has 0 spiro atoms. The number of esters is 1. The second kappa shape index (κ2) is 11.5. The van der Waals surface area contributed by atoms with Crippen LogP contribution >= 0.6 is 0 Å². The molecule has 1 unspecified atom stereocenters. The third-order valence-corrected chi connectivity index (χ3v) is 5.91. The lowest BCUT2D eigenvalue weighted by atomic mass is 9.98. The Balaban J connectivity index is 1.51. The van der Waals surface area contributed by atoms with Crippen LogP contribution in [0.25, 0.3) is 16.9 Å². The van der Waals surface area contributed by atoms with Crippen molar-refractivity contribution in [3.05, 3.63) is 95.3 Å². The summed E-state index contributed by atoms with van der Waals surface area (Å²) in [7, 11) is 0. The molecule has 1 atom stereocenters. The summed E-state index contributed by atoms with van der Waals surface area (Å²) in [5.74, 6) is -0.864. The van der Waals surface area contributed by atoms with Crippen molar-refractivity contribution in [3.8, 4) is 11.3 Å². The average molecular weight is 542 g/mol. The van der Waals surface area contributed by atoms with E-state index in [0.29, 0.717) is 40.2 Å². The van der Waals surface area contributed by atoms with Crippen LogP contribution in [0.3, 0.4) is 0 Å². The molecular weight excluding hydrogens is 510 g/mol. The highest BCUT2D eigenvalue weighted by atomic mass is 16.6. The van der Waals surface area contributed by atoms with Crippen LogP contribution in [0, 0.1) is 5.41 Å². The number of carbonyl (C=O) groups excluding carboxylic acids is 3. The Morgan fingerprint density at radius 2 is 1.62 bits per heavy atom. The first-order chi connectivity index (χ1) is 19.0. The Labute approximate surface area is 231 Å². The van der Waals surface area contributed by atoms with Gasteiger partial charge in [0, 0.05) is 34.6 Å². The molecule has 0 bridgehead atoms. The van der Waals surface area contributed by atoms with Gasteiger partial charge < -0.3 is 19.6 Å². The zero-order chi connectivity index (χ0) is 29.0. The number of ketones is 1. The van der Waals surface area contributed by atoms with Gasteiger partial charge in [0.1, 0.15) is 17.1 Å². The molecule has 0 aliphatic rings. The maximum Gasteiger partial charge on any atom is 0.413 e. The minimum Gasteiger partial charge on any atom is -0.462 e. The summed E-state index contributed by atoms with van der Waals surface area (Å²) < 4.78 is 12.0. The SMILES string of the molecule is CCOC(=O)c1ccc(-c2cn3cccc(C(N)C(=O)c4ccc(C(=N)NC(=O)OC(C)(C)C)cc4)c3n2)cc1. The van der Waals surface area contributed by atoms with Crippen LogP contribution in [0.2, 0.25) is 0 Å². The van der Waals surface area contributed by atoms with Crippen LogP contribution in [-0.2, 0) is 9.47 Å². The van der Waals surface area contributed by atoms with Crippen molar-refractivity contribution in [2.45, 2.75) is 39.3 Å². The Morgan fingerprint density at radius 3 is 2.25 bits per heavy atom. The molecule has 40 heavy (non-hydrogen) atoms. The molecule has 0 aliphatic carbocycles. The number of hydrogen-bond acceptors (Lipinski definition) is 8. The van der Waals surface area contributed by atoms with Crippen LogP contribution in [-0.4, -0.2) is 45.3 Å². The van der Waals surface area contributed by atoms with Crippen molar-refractivity contribution < 1.29 is 23.9 Å². The number of aromatic nitrogens is 2. The number of Topliss-reactive ketones (excluding diaryl/α,β-unsaturated/α-hetero) is 1. The predicted molar refractivity (Wildman–Crippen MR) is 150 cm³/mol. The smallest absolute Gasteiger partial charge is 0.413 e. The molecule has 0 radical (unpaired) electrons. The van der Waals surface area contributed by atoms with Crippen LogP contribution < -0.4 is 11.1 Å². The number of nitrogens with two attached hydrogens (primary N) is 1. The van der Waals surface area contributed by atoms with Crippen molar-refractivity contribution in [1.82, 2.24) is 14.7 Å². The fourth-order valence-electron chi connectivity index (χ4n) is 4.01. The molecule has 4 aromatic rings. The second-order valence-corrected chi connectivity index (χ2v) is 10.0. The van der Waals surface area contributed by atoms with E-state index >= 15 is 0 Å². The number of carbonyl (C=O) groups is 3. The number of benzene rings is 2. The summed E-state index contributed by atoms with van der Waals surface area (Å²) >= 11 is 0. The van der Waals surface area contributed by atoms with E-state index < -0.39 is 17.7 Å². The zero-order valence-corrected chi connectivity index (χ0v) is 22.7. The first kappa shape index (κ1) is 28.2. The van der Waals surface area contributed by atoms with Gasteiger partial charge in [-0.2, -0.15) is 0 Å². The molecule has 4 rings (SSSR count). The molecule has 0 fully saturated rings. The lowest BCUT2D eigenvalue weighted by Gasteiger charge is -2.19.